The Kier molecular flexibility index (Phi) is 5.56. The fourth-order valence-electron chi connectivity index (χ4n) is 3.92. The minimum atomic E-state index is -0.454. The van der Waals surface area contributed by atoms with E-state index in [2.05, 4.69) is 5.32 Å². The number of para-hydroxylation sites is 1. The fourth-order valence-corrected chi connectivity index (χ4v) is 3.92. The predicted molar refractivity (Wildman–Crippen MR) is 112 cm³/mol. The lowest BCUT2D eigenvalue weighted by Gasteiger charge is -2.20. The monoisotopic (exact) mass is 388 g/mol. The van der Waals surface area contributed by atoms with Crippen LogP contribution in [0.25, 0.3) is 10.9 Å². The molecule has 0 bridgehead atoms. The number of amides is 1. The summed E-state index contributed by atoms with van der Waals surface area (Å²) in [6.07, 6.45) is 3.79. The number of nitrogens with zero attached hydrogens (tertiary/aromatic N) is 1. The molecular weight excluding hydrogens is 364 g/mol. The molecule has 3 aromatic rings. The van der Waals surface area contributed by atoms with Gasteiger partial charge in [0.25, 0.3) is 5.91 Å². The third-order valence-corrected chi connectivity index (χ3v) is 5.38. The highest BCUT2D eigenvalue weighted by Gasteiger charge is 2.24. The van der Waals surface area contributed by atoms with Crippen molar-refractivity contribution in [1.82, 2.24) is 10.3 Å². The molecule has 1 aromatic heterocycles. The van der Waals surface area contributed by atoms with E-state index in [0.717, 1.165) is 53.4 Å². The molecule has 1 heterocycles. The van der Waals surface area contributed by atoms with Gasteiger partial charge in [0.05, 0.1) is 17.1 Å². The number of hydrogen-bond acceptors (Lipinski definition) is 4. The normalized spacial score (nSPS) is 14.1. The van der Waals surface area contributed by atoms with Crippen LogP contribution in [0.3, 0.4) is 0 Å². The first-order chi connectivity index (χ1) is 14.1. The second kappa shape index (κ2) is 8.43. The van der Waals surface area contributed by atoms with Gasteiger partial charge in [-0.25, -0.2) is 4.79 Å². The Hall–Kier alpha value is -3.21. The average molecular weight is 388 g/mol. The van der Waals surface area contributed by atoms with E-state index in [0.29, 0.717) is 5.56 Å². The fraction of sp³-hybridized carbons (Fsp3) is 0.292. The minimum absolute atomic E-state index is 0.156. The van der Waals surface area contributed by atoms with Crippen molar-refractivity contribution in [3.8, 4) is 0 Å². The number of pyridine rings is 1. The summed E-state index contributed by atoms with van der Waals surface area (Å²) < 4.78 is 5.42. The second-order valence-corrected chi connectivity index (χ2v) is 7.41. The zero-order valence-corrected chi connectivity index (χ0v) is 16.5. The molecule has 148 valence electrons. The van der Waals surface area contributed by atoms with E-state index in [1.54, 1.807) is 0 Å². The highest BCUT2D eigenvalue weighted by molar-refractivity contribution is 6.05. The highest BCUT2D eigenvalue weighted by atomic mass is 16.5. The molecule has 0 saturated carbocycles. The molecule has 0 saturated heterocycles. The van der Waals surface area contributed by atoms with Gasteiger partial charge in [-0.15, -0.1) is 0 Å². The maximum absolute atomic E-state index is 13.0. The van der Waals surface area contributed by atoms with Crippen molar-refractivity contribution in [3.63, 3.8) is 0 Å². The number of esters is 1. The molecule has 29 heavy (non-hydrogen) atoms. The number of rotatable bonds is 5. The van der Waals surface area contributed by atoms with Gasteiger partial charge >= 0.3 is 5.97 Å². The molecule has 1 aliphatic carbocycles. The Bertz CT molecular complexity index is 1050. The van der Waals surface area contributed by atoms with Crippen LogP contribution in [0.5, 0.6) is 0 Å². The first-order valence-electron chi connectivity index (χ1n) is 10.1. The molecule has 1 atom stereocenters. The number of nitrogens with one attached hydrogen (secondary N) is 1. The number of ether oxygens (including phenoxy) is 1. The Morgan fingerprint density at radius 2 is 1.76 bits per heavy atom. The third kappa shape index (κ3) is 4.14. The molecule has 0 aliphatic heterocycles. The van der Waals surface area contributed by atoms with Crippen LogP contribution in [0.15, 0.2) is 54.6 Å². The Morgan fingerprint density at radius 3 is 2.59 bits per heavy atom. The minimum Gasteiger partial charge on any atom is -0.452 e. The highest BCUT2D eigenvalue weighted by Crippen LogP contribution is 2.29. The van der Waals surface area contributed by atoms with Crippen LogP contribution in [-0.4, -0.2) is 23.5 Å². The van der Waals surface area contributed by atoms with Gasteiger partial charge in [0, 0.05) is 11.1 Å². The number of hydrogen-bond donors (Lipinski definition) is 1. The molecule has 0 radical (unpaired) electrons. The summed E-state index contributed by atoms with van der Waals surface area (Å²) in [7, 11) is 0. The summed E-state index contributed by atoms with van der Waals surface area (Å²) in [5.41, 5.74) is 4.31. The van der Waals surface area contributed by atoms with Crippen molar-refractivity contribution < 1.29 is 14.3 Å². The molecule has 4 rings (SSSR count). The summed E-state index contributed by atoms with van der Waals surface area (Å²) in [4.78, 5) is 30.0. The first kappa shape index (κ1) is 19.1. The van der Waals surface area contributed by atoms with Gasteiger partial charge < -0.3 is 10.1 Å². The van der Waals surface area contributed by atoms with Crippen molar-refractivity contribution >= 4 is 22.8 Å². The van der Waals surface area contributed by atoms with Crippen LogP contribution in [0.2, 0.25) is 0 Å². The number of aryl methyl sites for hydroxylation is 1. The maximum Gasteiger partial charge on any atom is 0.339 e. The Balaban J connectivity index is 1.50. The van der Waals surface area contributed by atoms with Crippen LogP contribution >= 0.6 is 0 Å². The lowest BCUT2D eigenvalue weighted by molar-refractivity contribution is -0.124. The molecule has 1 amide bonds. The standard InChI is InChI=1S/C24H24N2O3/c1-16(17-9-3-2-4-10-17)25-22(27)15-29-24(28)23-18-11-5-7-13-20(18)26-21-14-8-6-12-19(21)23/h2-5,7,9-11,13,16H,6,8,12,14-15H2,1H3,(H,25,27)/t16-/m0/s1. The lowest BCUT2D eigenvalue weighted by Crippen LogP contribution is -2.31. The van der Waals surface area contributed by atoms with E-state index in [4.69, 9.17) is 9.72 Å². The zero-order chi connectivity index (χ0) is 20.2. The Morgan fingerprint density at radius 1 is 1.03 bits per heavy atom. The molecule has 0 fully saturated rings. The van der Waals surface area contributed by atoms with Crippen LogP contribution in [0.1, 0.15) is 53.0 Å². The van der Waals surface area contributed by atoms with Crippen molar-refractivity contribution in [1.29, 1.82) is 0 Å². The third-order valence-electron chi connectivity index (χ3n) is 5.38. The van der Waals surface area contributed by atoms with Crippen molar-refractivity contribution in [2.45, 2.75) is 38.6 Å². The molecule has 2 aromatic carbocycles. The van der Waals surface area contributed by atoms with Gasteiger partial charge in [-0.1, -0.05) is 48.5 Å². The van der Waals surface area contributed by atoms with Gasteiger partial charge in [-0.05, 0) is 49.8 Å². The number of carbonyl (C=O) groups excluding carboxylic acids is 2. The number of carbonyl (C=O) groups is 2. The van der Waals surface area contributed by atoms with Crippen molar-refractivity contribution in [3.05, 3.63) is 77.0 Å². The van der Waals surface area contributed by atoms with Gasteiger partial charge in [0.2, 0.25) is 0 Å². The van der Waals surface area contributed by atoms with Gasteiger partial charge in [-0.2, -0.15) is 0 Å². The SMILES string of the molecule is C[C@H](NC(=O)COC(=O)c1c2c(nc3ccccc13)CCCC2)c1ccccc1. The summed E-state index contributed by atoms with van der Waals surface area (Å²) in [6, 6.07) is 17.1. The zero-order valence-electron chi connectivity index (χ0n) is 16.5. The molecule has 0 unspecified atom stereocenters. The van der Waals surface area contributed by atoms with Crippen LogP contribution in [0, 0.1) is 0 Å². The van der Waals surface area contributed by atoms with E-state index < -0.39 is 5.97 Å². The molecule has 1 aliphatic rings. The van der Waals surface area contributed by atoms with Gasteiger partial charge in [0.15, 0.2) is 6.61 Å². The van der Waals surface area contributed by atoms with E-state index in [1.807, 2.05) is 61.5 Å². The number of fused-ring (bicyclic) bond motifs is 2. The van der Waals surface area contributed by atoms with Crippen LogP contribution < -0.4 is 5.32 Å². The number of aromatic nitrogens is 1. The Labute approximate surface area is 170 Å². The molecule has 1 N–H and O–H groups in total. The predicted octanol–water partition coefficient (Wildman–Crippen LogP) is 4.15. The van der Waals surface area contributed by atoms with E-state index in [9.17, 15) is 9.59 Å². The smallest absolute Gasteiger partial charge is 0.339 e. The van der Waals surface area contributed by atoms with E-state index in [1.165, 1.54) is 0 Å². The van der Waals surface area contributed by atoms with Gasteiger partial charge in [-0.3, -0.25) is 9.78 Å². The molecular formula is C24H24N2O3. The average Bonchev–Trinajstić information content (AvgIpc) is 2.76. The second-order valence-electron chi connectivity index (χ2n) is 7.41. The van der Waals surface area contributed by atoms with Crippen LogP contribution in [-0.2, 0) is 22.4 Å². The van der Waals surface area contributed by atoms with E-state index >= 15 is 0 Å². The molecule has 5 heteroatoms. The maximum atomic E-state index is 13.0. The molecule has 0 spiro atoms. The van der Waals surface area contributed by atoms with Crippen LogP contribution in [0.4, 0.5) is 0 Å². The summed E-state index contributed by atoms with van der Waals surface area (Å²) in [5, 5.41) is 3.66. The van der Waals surface area contributed by atoms with Crippen molar-refractivity contribution in [2.24, 2.45) is 0 Å². The number of benzene rings is 2. The van der Waals surface area contributed by atoms with E-state index in [-0.39, 0.29) is 18.6 Å². The lowest BCUT2D eigenvalue weighted by atomic mass is 9.90. The summed E-state index contributed by atoms with van der Waals surface area (Å²) in [6.45, 7) is 1.60. The topological polar surface area (TPSA) is 68.3 Å². The summed E-state index contributed by atoms with van der Waals surface area (Å²) >= 11 is 0. The first-order valence-corrected chi connectivity index (χ1v) is 10.1. The van der Waals surface area contributed by atoms with Crippen molar-refractivity contribution in [2.75, 3.05) is 6.61 Å². The molecule has 5 nitrogen and oxygen atoms in total. The van der Waals surface area contributed by atoms with Gasteiger partial charge in [0.1, 0.15) is 0 Å². The summed E-state index contributed by atoms with van der Waals surface area (Å²) in [5.74, 6) is -0.772. The largest absolute Gasteiger partial charge is 0.452 e. The quantitative estimate of drug-likeness (QED) is 0.667.